The molecule has 0 fully saturated rings. The predicted octanol–water partition coefficient (Wildman–Crippen LogP) is 0.667. The van der Waals surface area contributed by atoms with Crippen LogP contribution in [-0.4, -0.2) is 82.3 Å². The van der Waals surface area contributed by atoms with E-state index in [2.05, 4.69) is 31.9 Å². The Morgan fingerprint density at radius 2 is 1.27 bits per heavy atom. The van der Waals surface area contributed by atoms with Gasteiger partial charge in [-0.2, -0.15) is 0 Å². The Labute approximate surface area is 262 Å². The molecule has 16 nitrogen and oxygen atoms in total. The van der Waals surface area contributed by atoms with Crippen LogP contribution in [0.1, 0.15) is 61.3 Å². The van der Waals surface area contributed by atoms with E-state index in [0.29, 0.717) is 5.69 Å². The highest BCUT2D eigenvalue weighted by Crippen LogP contribution is 2.15. The number of carboxylic acids is 1. The molecule has 45 heavy (non-hydrogen) atoms. The molecule has 0 saturated carbocycles. The summed E-state index contributed by atoms with van der Waals surface area (Å²) < 4.78 is 0. The lowest BCUT2D eigenvalue weighted by molar-refractivity contribution is -0.384. The molecule has 0 aliphatic rings. The van der Waals surface area contributed by atoms with Crippen LogP contribution in [0.3, 0.4) is 0 Å². The van der Waals surface area contributed by atoms with Gasteiger partial charge in [0.2, 0.25) is 29.5 Å². The van der Waals surface area contributed by atoms with Gasteiger partial charge in [0.1, 0.15) is 18.1 Å². The highest BCUT2D eigenvalue weighted by atomic mass is 16.6. The quantitative estimate of drug-likeness (QED) is 0.0879. The van der Waals surface area contributed by atoms with Crippen LogP contribution >= 0.6 is 0 Å². The van der Waals surface area contributed by atoms with Crippen molar-refractivity contribution in [2.24, 2.45) is 11.8 Å². The molecule has 250 valence electrons. The van der Waals surface area contributed by atoms with Gasteiger partial charge in [0, 0.05) is 36.8 Å². The second kappa shape index (κ2) is 18.3. The van der Waals surface area contributed by atoms with Gasteiger partial charge < -0.3 is 37.0 Å². The number of carboxylic acid groups (broad SMARTS) is 1. The van der Waals surface area contributed by atoms with Crippen LogP contribution in [-0.2, 0) is 28.8 Å². The number of hydrogen-bond donors (Lipinski definition) is 7. The third-order valence-electron chi connectivity index (χ3n) is 6.85. The number of benzene rings is 1. The molecule has 5 atom stereocenters. The summed E-state index contributed by atoms with van der Waals surface area (Å²) in [6, 6.07) is 1.22. The molecule has 0 heterocycles. The number of amides is 5. The average molecular weight is 636 g/mol. The number of non-ortho nitro benzene ring substituents is 1. The molecule has 1 rings (SSSR count). The molecule has 0 unspecified atom stereocenters. The molecule has 0 spiro atoms. The van der Waals surface area contributed by atoms with Crippen molar-refractivity contribution >= 4 is 46.9 Å². The van der Waals surface area contributed by atoms with Crippen LogP contribution in [0, 0.1) is 22.0 Å². The first-order chi connectivity index (χ1) is 20.9. The number of aliphatic carboxylic acids is 1. The molecule has 0 aliphatic carbocycles. The lowest BCUT2D eigenvalue weighted by atomic mass is 9.99. The monoisotopic (exact) mass is 635 g/mol. The van der Waals surface area contributed by atoms with E-state index >= 15 is 0 Å². The minimum Gasteiger partial charge on any atom is -0.481 e. The van der Waals surface area contributed by atoms with Crippen molar-refractivity contribution < 1.29 is 38.8 Å². The smallest absolute Gasteiger partial charge is 0.303 e. The number of carbonyl (C=O) groups excluding carboxylic acids is 5. The van der Waals surface area contributed by atoms with E-state index in [1.165, 1.54) is 38.1 Å². The Morgan fingerprint density at radius 1 is 0.711 bits per heavy atom. The van der Waals surface area contributed by atoms with Gasteiger partial charge in [-0.05, 0) is 44.7 Å². The second-order valence-electron chi connectivity index (χ2n) is 11.4. The summed E-state index contributed by atoms with van der Waals surface area (Å²) in [6.45, 7) is 11.9. The van der Waals surface area contributed by atoms with E-state index in [4.69, 9.17) is 5.11 Å². The SMILES string of the molecule is CC(C)[C@H](NC(=O)[C@H](C)NC(=O)CCC(=O)O)C(=O)N[C@H](CN[C@@H](C)C(=O)N[C@@H](C)C(=O)Nc1ccc([N+](=O)[O-])cc1)C(C)C. The lowest BCUT2D eigenvalue weighted by Crippen LogP contribution is -2.58. The summed E-state index contributed by atoms with van der Waals surface area (Å²) in [6.07, 6.45) is -0.657. The largest absolute Gasteiger partial charge is 0.481 e. The maximum atomic E-state index is 13.2. The van der Waals surface area contributed by atoms with Crippen molar-refractivity contribution in [2.45, 2.75) is 91.5 Å². The molecule has 7 N–H and O–H groups in total. The van der Waals surface area contributed by atoms with Crippen LogP contribution in [0.5, 0.6) is 0 Å². The Hall–Kier alpha value is -4.60. The molecular weight excluding hydrogens is 590 g/mol. The minimum atomic E-state index is -1.14. The first-order valence-corrected chi connectivity index (χ1v) is 14.6. The zero-order valence-corrected chi connectivity index (χ0v) is 26.6. The number of nitro groups is 1. The maximum Gasteiger partial charge on any atom is 0.303 e. The highest BCUT2D eigenvalue weighted by Gasteiger charge is 2.30. The van der Waals surface area contributed by atoms with Gasteiger partial charge >= 0.3 is 5.97 Å². The van der Waals surface area contributed by atoms with Crippen LogP contribution in [0.25, 0.3) is 0 Å². The van der Waals surface area contributed by atoms with E-state index < -0.39 is 70.6 Å². The van der Waals surface area contributed by atoms with Crippen molar-refractivity contribution in [2.75, 3.05) is 11.9 Å². The fourth-order valence-corrected chi connectivity index (χ4v) is 3.86. The van der Waals surface area contributed by atoms with E-state index in [9.17, 15) is 38.9 Å². The van der Waals surface area contributed by atoms with Gasteiger partial charge in [-0.1, -0.05) is 27.7 Å². The lowest BCUT2D eigenvalue weighted by Gasteiger charge is -2.29. The van der Waals surface area contributed by atoms with Crippen LogP contribution in [0.4, 0.5) is 11.4 Å². The summed E-state index contributed by atoms with van der Waals surface area (Å²) >= 11 is 0. The molecular formula is C29H45N7O9. The summed E-state index contributed by atoms with van der Waals surface area (Å²) in [5.74, 6) is -4.18. The van der Waals surface area contributed by atoms with Crippen molar-refractivity contribution in [3.05, 3.63) is 34.4 Å². The molecule has 1 aromatic rings. The van der Waals surface area contributed by atoms with Crippen molar-refractivity contribution in [1.82, 2.24) is 26.6 Å². The fourth-order valence-electron chi connectivity index (χ4n) is 3.86. The number of nitrogens with one attached hydrogen (secondary N) is 6. The Bertz CT molecular complexity index is 1220. The molecule has 0 aromatic heterocycles. The molecule has 0 radical (unpaired) electrons. The van der Waals surface area contributed by atoms with Gasteiger partial charge in [-0.15, -0.1) is 0 Å². The zero-order chi connectivity index (χ0) is 34.4. The van der Waals surface area contributed by atoms with E-state index in [0.717, 1.165) is 0 Å². The van der Waals surface area contributed by atoms with Crippen LogP contribution in [0.15, 0.2) is 24.3 Å². The Balaban J connectivity index is 2.69. The van der Waals surface area contributed by atoms with Gasteiger partial charge in [-0.3, -0.25) is 38.9 Å². The van der Waals surface area contributed by atoms with Crippen LogP contribution in [0.2, 0.25) is 0 Å². The average Bonchev–Trinajstić information content (AvgIpc) is 2.96. The number of rotatable bonds is 18. The first-order valence-electron chi connectivity index (χ1n) is 14.6. The molecule has 1 aromatic carbocycles. The van der Waals surface area contributed by atoms with Crippen molar-refractivity contribution in [3.63, 3.8) is 0 Å². The minimum absolute atomic E-state index is 0.0703. The van der Waals surface area contributed by atoms with E-state index in [1.54, 1.807) is 20.8 Å². The van der Waals surface area contributed by atoms with E-state index in [1.807, 2.05) is 13.8 Å². The van der Waals surface area contributed by atoms with Gasteiger partial charge in [0.15, 0.2) is 0 Å². The summed E-state index contributed by atoms with van der Waals surface area (Å²) in [4.78, 5) is 83.9. The van der Waals surface area contributed by atoms with Crippen LogP contribution < -0.4 is 31.9 Å². The van der Waals surface area contributed by atoms with Gasteiger partial charge in [0.25, 0.3) is 5.69 Å². The second-order valence-corrected chi connectivity index (χ2v) is 11.4. The number of carbonyl (C=O) groups is 6. The zero-order valence-electron chi connectivity index (χ0n) is 26.6. The van der Waals surface area contributed by atoms with Gasteiger partial charge in [0.05, 0.1) is 17.4 Å². The molecule has 0 saturated heterocycles. The van der Waals surface area contributed by atoms with Crippen molar-refractivity contribution in [3.8, 4) is 0 Å². The third kappa shape index (κ3) is 13.7. The number of hydrogen-bond acceptors (Lipinski definition) is 9. The summed E-state index contributed by atoms with van der Waals surface area (Å²) in [7, 11) is 0. The predicted molar refractivity (Wildman–Crippen MR) is 165 cm³/mol. The Kier molecular flexibility index (Phi) is 15.6. The molecule has 5 amide bonds. The Morgan fingerprint density at radius 3 is 1.78 bits per heavy atom. The highest BCUT2D eigenvalue weighted by molar-refractivity contribution is 5.97. The number of nitro benzene ring substituents is 1. The fraction of sp³-hybridized carbons (Fsp3) is 0.586. The topological polar surface area (TPSA) is 238 Å². The van der Waals surface area contributed by atoms with Crippen molar-refractivity contribution in [1.29, 1.82) is 0 Å². The van der Waals surface area contributed by atoms with Gasteiger partial charge in [-0.25, -0.2) is 0 Å². The summed E-state index contributed by atoms with van der Waals surface area (Å²) in [5.41, 5.74) is 0.208. The first kappa shape index (κ1) is 38.4. The standard InChI is InChI=1S/C29H45N7O9/c1-15(2)22(34-29(43)25(16(3)4)35-28(42)18(6)31-23(37)12-13-24(38)39)14-30-17(5)26(40)32-19(7)27(41)33-20-8-10-21(11-9-20)36(44)45/h8-11,15-19,22,25,30H,12-14H2,1-7H3,(H,31,37)(H,32,40)(H,33,41)(H,34,43)(H,35,42)(H,38,39)/t17-,18-,19-,22+,25-/m0/s1. The normalized spacial score (nSPS) is 14.3. The van der Waals surface area contributed by atoms with E-state index in [-0.39, 0.29) is 36.9 Å². The maximum absolute atomic E-state index is 13.2. The number of anilines is 1. The number of nitrogens with zero attached hydrogens (tertiary/aromatic N) is 1. The summed E-state index contributed by atoms with van der Waals surface area (Å²) in [5, 5.41) is 35.7. The molecule has 0 bridgehead atoms. The molecule has 16 heteroatoms. The molecule has 0 aliphatic heterocycles. The third-order valence-corrected chi connectivity index (χ3v) is 6.85.